The highest BCUT2D eigenvalue weighted by Crippen LogP contribution is 1.99. The molecule has 3 amide bonds. The van der Waals surface area contributed by atoms with E-state index in [-0.39, 0.29) is 19.0 Å². The van der Waals surface area contributed by atoms with Gasteiger partial charge in [-0.25, -0.2) is 4.79 Å². The van der Waals surface area contributed by atoms with Gasteiger partial charge >= 0.3 is 12.0 Å². The number of carboxylic acid groups (broad SMARTS) is 1. The van der Waals surface area contributed by atoms with Crippen LogP contribution < -0.4 is 0 Å². The van der Waals surface area contributed by atoms with E-state index in [1.165, 1.54) is 21.7 Å². The summed E-state index contributed by atoms with van der Waals surface area (Å²) in [6.45, 7) is 1.79. The van der Waals surface area contributed by atoms with Crippen molar-refractivity contribution in [3.8, 4) is 0 Å². The fourth-order valence-corrected chi connectivity index (χ4v) is 1.33. The molecule has 7 heteroatoms. The summed E-state index contributed by atoms with van der Waals surface area (Å²) in [4.78, 5) is 37.9. The van der Waals surface area contributed by atoms with Gasteiger partial charge in [-0.2, -0.15) is 0 Å². The van der Waals surface area contributed by atoms with Gasteiger partial charge in [-0.05, 0) is 6.42 Å². The van der Waals surface area contributed by atoms with Gasteiger partial charge in [-0.3, -0.25) is 9.59 Å². The van der Waals surface area contributed by atoms with E-state index in [9.17, 15) is 14.4 Å². The fourth-order valence-electron chi connectivity index (χ4n) is 1.33. The maximum atomic E-state index is 11.9. The highest BCUT2D eigenvalue weighted by atomic mass is 16.4. The Morgan fingerprint density at radius 3 is 2.00 bits per heavy atom. The molecule has 0 saturated carbocycles. The molecule has 0 atom stereocenters. The van der Waals surface area contributed by atoms with Crippen LogP contribution in [0.1, 0.15) is 13.3 Å². The van der Waals surface area contributed by atoms with Gasteiger partial charge in [0.05, 0.1) is 0 Å². The Hall–Kier alpha value is -1.79. The third-order valence-corrected chi connectivity index (χ3v) is 2.29. The third kappa shape index (κ3) is 5.51. The molecule has 0 aromatic rings. The van der Waals surface area contributed by atoms with Gasteiger partial charge in [0.2, 0.25) is 5.91 Å². The van der Waals surface area contributed by atoms with Crippen molar-refractivity contribution in [3.63, 3.8) is 0 Å². The summed E-state index contributed by atoms with van der Waals surface area (Å²) in [6, 6.07) is -0.450. The van der Waals surface area contributed by atoms with Crippen molar-refractivity contribution >= 4 is 17.9 Å². The van der Waals surface area contributed by atoms with Gasteiger partial charge in [-0.1, -0.05) is 6.92 Å². The zero-order valence-electron chi connectivity index (χ0n) is 11.3. The predicted molar refractivity (Wildman–Crippen MR) is 66.2 cm³/mol. The SMILES string of the molecule is CCCN(CC(=O)O)C(=O)N(C)CC(=O)N(C)C. The zero-order chi connectivity index (χ0) is 14.3. The minimum atomic E-state index is -1.07. The van der Waals surface area contributed by atoms with Crippen LogP contribution in [0.25, 0.3) is 0 Å². The molecular formula is C11H21N3O4. The highest BCUT2D eigenvalue weighted by Gasteiger charge is 2.21. The molecule has 0 radical (unpaired) electrons. The summed E-state index contributed by atoms with van der Waals surface area (Å²) in [6.07, 6.45) is 0.661. The Bertz CT molecular complexity index is 317. The summed E-state index contributed by atoms with van der Waals surface area (Å²) in [5, 5.41) is 8.72. The molecule has 0 aliphatic heterocycles. The Kier molecular flexibility index (Phi) is 6.77. The smallest absolute Gasteiger partial charge is 0.323 e. The van der Waals surface area contributed by atoms with Crippen molar-refractivity contribution in [3.05, 3.63) is 0 Å². The number of nitrogens with zero attached hydrogens (tertiary/aromatic N) is 3. The number of carbonyl (C=O) groups excluding carboxylic acids is 2. The molecule has 0 aromatic carbocycles. The zero-order valence-corrected chi connectivity index (χ0v) is 11.3. The van der Waals surface area contributed by atoms with Crippen molar-refractivity contribution in [1.82, 2.24) is 14.7 Å². The normalized spacial score (nSPS) is 9.78. The van der Waals surface area contributed by atoms with Gasteiger partial charge in [0.25, 0.3) is 0 Å². The number of carbonyl (C=O) groups is 3. The van der Waals surface area contributed by atoms with Gasteiger partial charge in [-0.15, -0.1) is 0 Å². The molecule has 0 rings (SSSR count). The van der Waals surface area contributed by atoms with Crippen molar-refractivity contribution in [2.75, 3.05) is 40.8 Å². The van der Waals surface area contributed by atoms with E-state index in [0.717, 1.165) is 0 Å². The van der Waals surface area contributed by atoms with E-state index >= 15 is 0 Å². The largest absolute Gasteiger partial charge is 0.480 e. The van der Waals surface area contributed by atoms with Crippen LogP contribution in [0.15, 0.2) is 0 Å². The molecule has 0 aliphatic rings. The van der Waals surface area contributed by atoms with Gasteiger partial charge in [0.15, 0.2) is 0 Å². The molecule has 0 bridgehead atoms. The van der Waals surface area contributed by atoms with Crippen molar-refractivity contribution in [2.45, 2.75) is 13.3 Å². The number of amides is 3. The molecule has 7 nitrogen and oxygen atoms in total. The molecule has 0 heterocycles. The first-order valence-corrected chi connectivity index (χ1v) is 5.71. The van der Waals surface area contributed by atoms with Crippen LogP contribution in [-0.2, 0) is 9.59 Å². The molecule has 0 unspecified atom stereocenters. The maximum absolute atomic E-state index is 11.9. The van der Waals surface area contributed by atoms with Crippen LogP contribution >= 0.6 is 0 Å². The molecule has 0 aromatic heterocycles. The van der Waals surface area contributed by atoms with E-state index in [0.29, 0.717) is 13.0 Å². The summed E-state index contributed by atoms with van der Waals surface area (Å²) in [5.41, 5.74) is 0. The lowest BCUT2D eigenvalue weighted by Gasteiger charge is -2.27. The number of carboxylic acids is 1. The molecule has 0 saturated heterocycles. The van der Waals surface area contributed by atoms with E-state index in [4.69, 9.17) is 5.11 Å². The molecule has 18 heavy (non-hydrogen) atoms. The standard InChI is InChI=1S/C11H21N3O4/c1-5-6-14(8-10(16)17)11(18)13(4)7-9(15)12(2)3/h5-8H2,1-4H3,(H,16,17). The minimum absolute atomic E-state index is 0.0638. The quantitative estimate of drug-likeness (QED) is 0.723. The number of hydrogen-bond donors (Lipinski definition) is 1. The first-order chi connectivity index (χ1) is 8.29. The first kappa shape index (κ1) is 16.2. The lowest BCUT2D eigenvalue weighted by Crippen LogP contribution is -2.47. The van der Waals surface area contributed by atoms with Crippen LogP contribution in [0.5, 0.6) is 0 Å². The summed E-state index contributed by atoms with van der Waals surface area (Å²) in [7, 11) is 4.68. The Labute approximate surface area is 107 Å². The number of likely N-dealkylation sites (N-methyl/N-ethyl adjacent to an activating group) is 2. The fraction of sp³-hybridized carbons (Fsp3) is 0.727. The lowest BCUT2D eigenvalue weighted by atomic mass is 10.4. The lowest BCUT2D eigenvalue weighted by molar-refractivity contribution is -0.137. The second-order valence-corrected chi connectivity index (χ2v) is 4.24. The monoisotopic (exact) mass is 259 g/mol. The van der Waals surface area contributed by atoms with Crippen molar-refractivity contribution in [1.29, 1.82) is 0 Å². The van der Waals surface area contributed by atoms with Crippen LogP contribution in [0.2, 0.25) is 0 Å². The molecular weight excluding hydrogens is 238 g/mol. The Morgan fingerprint density at radius 1 is 1.06 bits per heavy atom. The highest BCUT2D eigenvalue weighted by molar-refractivity contribution is 5.85. The molecule has 104 valence electrons. The molecule has 0 fully saturated rings. The van der Waals surface area contributed by atoms with Crippen molar-refractivity contribution < 1.29 is 19.5 Å². The third-order valence-electron chi connectivity index (χ3n) is 2.29. The number of rotatable bonds is 6. The van der Waals surface area contributed by atoms with E-state index in [1.807, 2.05) is 6.92 Å². The summed E-state index contributed by atoms with van der Waals surface area (Å²) < 4.78 is 0. The van der Waals surface area contributed by atoms with Crippen LogP contribution in [-0.4, -0.2) is 78.5 Å². The van der Waals surface area contributed by atoms with E-state index in [1.54, 1.807) is 14.1 Å². The van der Waals surface area contributed by atoms with Gasteiger partial charge in [0, 0.05) is 27.7 Å². The molecule has 0 aliphatic carbocycles. The Morgan fingerprint density at radius 2 is 1.61 bits per heavy atom. The molecule has 0 spiro atoms. The summed E-state index contributed by atoms with van der Waals surface area (Å²) in [5.74, 6) is -1.28. The minimum Gasteiger partial charge on any atom is -0.480 e. The Balaban J connectivity index is 4.55. The topological polar surface area (TPSA) is 81.2 Å². The second kappa shape index (κ2) is 7.52. The van der Waals surface area contributed by atoms with Gasteiger partial charge in [0.1, 0.15) is 13.1 Å². The number of hydrogen-bond acceptors (Lipinski definition) is 3. The summed E-state index contributed by atoms with van der Waals surface area (Å²) >= 11 is 0. The molecule has 1 N–H and O–H groups in total. The van der Waals surface area contributed by atoms with Gasteiger partial charge < -0.3 is 19.8 Å². The second-order valence-electron chi connectivity index (χ2n) is 4.24. The number of aliphatic carboxylic acids is 1. The van der Waals surface area contributed by atoms with Crippen LogP contribution in [0.4, 0.5) is 4.79 Å². The maximum Gasteiger partial charge on any atom is 0.323 e. The van der Waals surface area contributed by atoms with Crippen molar-refractivity contribution in [2.24, 2.45) is 0 Å². The first-order valence-electron chi connectivity index (χ1n) is 5.71. The van der Waals surface area contributed by atoms with E-state index < -0.39 is 12.0 Å². The predicted octanol–water partition coefficient (Wildman–Crippen LogP) is -0.0770. The van der Waals surface area contributed by atoms with Crippen LogP contribution in [0, 0.1) is 0 Å². The average molecular weight is 259 g/mol. The number of urea groups is 1. The van der Waals surface area contributed by atoms with Crippen LogP contribution in [0.3, 0.4) is 0 Å². The average Bonchev–Trinajstić information content (AvgIpc) is 2.26. The van der Waals surface area contributed by atoms with E-state index in [2.05, 4.69) is 0 Å².